The molecule has 1 atom stereocenters. The predicted molar refractivity (Wildman–Crippen MR) is 127 cm³/mol. The molecule has 0 bridgehead atoms. The van der Waals surface area contributed by atoms with Crippen molar-refractivity contribution < 1.29 is 14.3 Å². The molecule has 2 heterocycles. The first-order valence-electron chi connectivity index (χ1n) is 10.8. The van der Waals surface area contributed by atoms with E-state index >= 15 is 0 Å². The maximum atomic E-state index is 13.7. The van der Waals surface area contributed by atoms with Gasteiger partial charge in [0.15, 0.2) is 11.5 Å². The number of carbonyl (C=O) groups excluding carboxylic acids is 1. The van der Waals surface area contributed by atoms with Gasteiger partial charge in [-0.15, -0.1) is 0 Å². The number of carbonyl (C=O) groups is 1. The summed E-state index contributed by atoms with van der Waals surface area (Å²) in [5.74, 6) is 1.56. The number of amides is 1. The molecule has 1 unspecified atom stereocenters. The van der Waals surface area contributed by atoms with Gasteiger partial charge in [0.25, 0.3) is 0 Å². The Labute approximate surface area is 192 Å². The normalized spacial score (nSPS) is 17.2. The van der Waals surface area contributed by atoms with Gasteiger partial charge < -0.3 is 9.47 Å². The number of hydrogen-bond acceptors (Lipinski definition) is 5. The van der Waals surface area contributed by atoms with Gasteiger partial charge in [-0.25, -0.2) is 0 Å². The Bertz CT molecular complexity index is 1130. The van der Waals surface area contributed by atoms with Crippen LogP contribution in [0.1, 0.15) is 18.1 Å². The molecule has 2 aliphatic heterocycles. The lowest BCUT2D eigenvalue weighted by Crippen LogP contribution is -2.45. The molecule has 3 aromatic carbocycles. The van der Waals surface area contributed by atoms with Crippen LogP contribution in [0.25, 0.3) is 0 Å². The minimum absolute atomic E-state index is 0.0842. The van der Waals surface area contributed by atoms with Gasteiger partial charge in [-0.3, -0.25) is 14.6 Å². The molecule has 5 nitrogen and oxygen atoms in total. The summed E-state index contributed by atoms with van der Waals surface area (Å²) in [5.41, 5.74) is 4.35. The zero-order chi connectivity index (χ0) is 22.2. The van der Waals surface area contributed by atoms with E-state index in [0.717, 1.165) is 39.1 Å². The van der Waals surface area contributed by atoms with E-state index in [4.69, 9.17) is 9.47 Å². The third kappa shape index (κ3) is 3.63. The Balaban J connectivity index is 1.44. The zero-order valence-corrected chi connectivity index (χ0v) is 19.3. The first-order valence-corrected chi connectivity index (χ1v) is 11.6. The zero-order valence-electron chi connectivity index (χ0n) is 18.5. The fourth-order valence-electron chi connectivity index (χ4n) is 4.55. The van der Waals surface area contributed by atoms with Crippen LogP contribution in [0.2, 0.25) is 0 Å². The van der Waals surface area contributed by atoms with Crippen LogP contribution in [-0.4, -0.2) is 37.6 Å². The van der Waals surface area contributed by atoms with Crippen LogP contribution >= 0.6 is 11.8 Å². The van der Waals surface area contributed by atoms with Crippen molar-refractivity contribution in [3.05, 3.63) is 71.8 Å². The van der Waals surface area contributed by atoms with Gasteiger partial charge in [-0.2, -0.15) is 0 Å². The summed E-state index contributed by atoms with van der Waals surface area (Å²) < 4.78 is 11.0. The first-order chi connectivity index (χ1) is 15.6. The van der Waals surface area contributed by atoms with Crippen LogP contribution < -0.4 is 14.4 Å². The van der Waals surface area contributed by atoms with Crippen molar-refractivity contribution >= 4 is 29.0 Å². The Kier molecular flexibility index (Phi) is 5.57. The molecule has 0 fully saturated rings. The number of ether oxygens (including phenoxy) is 2. The van der Waals surface area contributed by atoms with Crippen molar-refractivity contribution in [2.45, 2.75) is 35.7 Å². The number of benzene rings is 3. The monoisotopic (exact) mass is 446 g/mol. The molecule has 3 aromatic rings. The highest BCUT2D eigenvalue weighted by Crippen LogP contribution is 2.48. The van der Waals surface area contributed by atoms with Crippen LogP contribution in [0.15, 0.2) is 70.5 Å². The van der Waals surface area contributed by atoms with Gasteiger partial charge in [-0.1, -0.05) is 36.0 Å². The molecule has 5 rings (SSSR count). The largest absolute Gasteiger partial charge is 0.493 e. The average molecular weight is 447 g/mol. The van der Waals surface area contributed by atoms with Gasteiger partial charge in [0.05, 0.1) is 32.1 Å². The van der Waals surface area contributed by atoms with Gasteiger partial charge >= 0.3 is 0 Å². The molecule has 0 spiro atoms. The number of rotatable bonds is 4. The first kappa shape index (κ1) is 20.9. The van der Waals surface area contributed by atoms with Crippen molar-refractivity contribution in [3.8, 4) is 11.5 Å². The van der Waals surface area contributed by atoms with E-state index in [1.54, 1.807) is 26.0 Å². The highest BCUT2D eigenvalue weighted by atomic mass is 32.2. The van der Waals surface area contributed by atoms with Crippen LogP contribution in [0.3, 0.4) is 0 Å². The fourth-order valence-corrected chi connectivity index (χ4v) is 5.61. The number of anilines is 2. The molecule has 0 saturated heterocycles. The summed E-state index contributed by atoms with van der Waals surface area (Å²) in [6, 6.07) is 20.6. The number of fused-ring (bicyclic) bond motifs is 3. The molecular weight excluding hydrogens is 420 g/mol. The minimum atomic E-state index is 0.0842. The van der Waals surface area contributed by atoms with E-state index in [0.29, 0.717) is 13.1 Å². The van der Waals surface area contributed by atoms with E-state index in [1.807, 2.05) is 47.4 Å². The van der Waals surface area contributed by atoms with Crippen molar-refractivity contribution in [3.63, 3.8) is 0 Å². The molecule has 0 aromatic heterocycles. The number of para-hydroxylation sites is 2. The lowest BCUT2D eigenvalue weighted by Gasteiger charge is -2.37. The number of nitrogens with zero attached hydrogens (tertiary/aromatic N) is 2. The lowest BCUT2D eigenvalue weighted by atomic mass is 9.94. The van der Waals surface area contributed by atoms with Crippen LogP contribution in [0.5, 0.6) is 11.5 Å². The molecule has 1 amide bonds. The summed E-state index contributed by atoms with van der Waals surface area (Å²) >= 11 is 1.72. The molecule has 0 radical (unpaired) electrons. The highest BCUT2D eigenvalue weighted by molar-refractivity contribution is 7.99. The SMILES string of the molecule is COc1cc2c(cc1OC)CN(CC(=O)N1c3ccccc3Sc3ccccc31)C(C)C2. The molecule has 2 aliphatic rings. The molecular formula is C26H26N2O3S. The molecule has 0 aliphatic carbocycles. The van der Waals surface area contributed by atoms with Gasteiger partial charge in [0, 0.05) is 22.4 Å². The molecule has 32 heavy (non-hydrogen) atoms. The van der Waals surface area contributed by atoms with E-state index in [-0.39, 0.29) is 11.9 Å². The van der Waals surface area contributed by atoms with Crippen molar-refractivity contribution in [1.82, 2.24) is 4.90 Å². The lowest BCUT2D eigenvalue weighted by molar-refractivity contribution is -0.119. The average Bonchev–Trinajstić information content (AvgIpc) is 2.82. The van der Waals surface area contributed by atoms with Gasteiger partial charge in [0.1, 0.15) is 0 Å². The minimum Gasteiger partial charge on any atom is -0.493 e. The fraction of sp³-hybridized carbons (Fsp3) is 0.269. The molecule has 0 N–H and O–H groups in total. The van der Waals surface area contributed by atoms with E-state index in [9.17, 15) is 4.79 Å². The molecule has 6 heteroatoms. The Morgan fingerprint density at radius 3 is 2.09 bits per heavy atom. The van der Waals surface area contributed by atoms with Crippen LogP contribution in [0, 0.1) is 0 Å². The van der Waals surface area contributed by atoms with Crippen molar-refractivity contribution in [2.24, 2.45) is 0 Å². The summed E-state index contributed by atoms with van der Waals surface area (Å²) in [7, 11) is 3.31. The Morgan fingerprint density at radius 2 is 1.50 bits per heavy atom. The summed E-state index contributed by atoms with van der Waals surface area (Å²) in [6.45, 7) is 3.23. The summed E-state index contributed by atoms with van der Waals surface area (Å²) in [6.07, 6.45) is 0.867. The Hall–Kier alpha value is -2.96. The number of hydrogen-bond donors (Lipinski definition) is 0. The topological polar surface area (TPSA) is 42.0 Å². The highest BCUT2D eigenvalue weighted by Gasteiger charge is 2.32. The standard InChI is InChI=1S/C26H26N2O3S/c1-17-12-18-13-22(30-2)23(31-3)14-19(18)15-27(17)16-26(29)28-20-8-4-6-10-24(20)32-25-11-7-5-9-21(25)28/h4-11,13-14,17H,12,15-16H2,1-3H3. The molecule has 0 saturated carbocycles. The smallest absolute Gasteiger partial charge is 0.245 e. The maximum absolute atomic E-state index is 13.7. The Morgan fingerprint density at radius 1 is 0.938 bits per heavy atom. The van der Waals surface area contributed by atoms with E-state index in [2.05, 4.69) is 30.0 Å². The van der Waals surface area contributed by atoms with E-state index in [1.165, 1.54) is 11.1 Å². The van der Waals surface area contributed by atoms with Crippen LogP contribution in [0.4, 0.5) is 11.4 Å². The summed E-state index contributed by atoms with van der Waals surface area (Å²) in [4.78, 5) is 20.1. The second kappa shape index (κ2) is 8.52. The quantitative estimate of drug-likeness (QED) is 0.545. The van der Waals surface area contributed by atoms with Crippen molar-refractivity contribution in [2.75, 3.05) is 25.7 Å². The molecule has 164 valence electrons. The van der Waals surface area contributed by atoms with E-state index < -0.39 is 0 Å². The van der Waals surface area contributed by atoms with Crippen LogP contribution in [-0.2, 0) is 17.8 Å². The third-order valence-corrected chi connectivity index (χ3v) is 7.37. The maximum Gasteiger partial charge on any atom is 0.245 e. The number of methoxy groups -OCH3 is 2. The van der Waals surface area contributed by atoms with Gasteiger partial charge in [0.2, 0.25) is 5.91 Å². The second-order valence-electron chi connectivity index (χ2n) is 8.20. The van der Waals surface area contributed by atoms with Crippen molar-refractivity contribution in [1.29, 1.82) is 0 Å². The second-order valence-corrected chi connectivity index (χ2v) is 9.28. The summed E-state index contributed by atoms with van der Waals surface area (Å²) in [5, 5.41) is 0. The van der Waals surface area contributed by atoms with Gasteiger partial charge in [-0.05, 0) is 60.9 Å². The predicted octanol–water partition coefficient (Wildman–Crippen LogP) is 5.28. The third-order valence-electron chi connectivity index (χ3n) is 6.24.